The largest absolute Gasteiger partial charge is 0.480 e. The van der Waals surface area contributed by atoms with Crippen LogP contribution in [-0.2, 0) is 19.2 Å². The van der Waals surface area contributed by atoms with Gasteiger partial charge in [0.15, 0.2) is 0 Å². The first kappa shape index (κ1) is 28.1. The van der Waals surface area contributed by atoms with Gasteiger partial charge in [0.1, 0.15) is 18.1 Å². The third-order valence-corrected chi connectivity index (χ3v) is 5.08. The van der Waals surface area contributed by atoms with Crippen LogP contribution >= 0.6 is 12.6 Å². The molecule has 0 aromatic heterocycles. The third kappa shape index (κ3) is 9.74. The monoisotopic (exact) mass is 449 g/mol. The summed E-state index contributed by atoms with van der Waals surface area (Å²) in [5, 5.41) is 25.6. The number of hydrogen-bond donors (Lipinski definition) is 8. The Hall–Kier alpha value is -1.89. The summed E-state index contributed by atoms with van der Waals surface area (Å²) >= 11 is 3.84. The molecule has 0 rings (SSSR count). The Bertz CT molecular complexity index is 579. The number of thiol groups is 1. The van der Waals surface area contributed by atoms with Crippen LogP contribution in [0.2, 0.25) is 0 Å². The molecule has 0 heterocycles. The fraction of sp³-hybridized carbons (Fsp3) is 0.778. The van der Waals surface area contributed by atoms with E-state index in [9.17, 15) is 24.3 Å². The van der Waals surface area contributed by atoms with E-state index in [1.165, 1.54) is 0 Å². The Morgan fingerprint density at radius 1 is 1.00 bits per heavy atom. The Labute approximate surface area is 182 Å². The van der Waals surface area contributed by atoms with Gasteiger partial charge in [0, 0.05) is 5.75 Å². The quantitative estimate of drug-likeness (QED) is 0.103. The molecule has 0 fully saturated rings. The number of aliphatic carboxylic acids is 1. The van der Waals surface area contributed by atoms with Crippen molar-refractivity contribution in [2.24, 2.45) is 17.4 Å². The van der Waals surface area contributed by atoms with Gasteiger partial charge in [-0.25, -0.2) is 4.79 Å². The van der Waals surface area contributed by atoms with Crippen molar-refractivity contribution in [1.82, 2.24) is 16.0 Å². The minimum absolute atomic E-state index is 0.166. The van der Waals surface area contributed by atoms with Crippen LogP contribution in [0.15, 0.2) is 0 Å². The number of carboxylic acids is 1. The Morgan fingerprint density at radius 3 is 2.07 bits per heavy atom. The van der Waals surface area contributed by atoms with Crippen LogP contribution in [0.1, 0.15) is 39.5 Å². The van der Waals surface area contributed by atoms with Crippen molar-refractivity contribution in [1.29, 1.82) is 0 Å². The van der Waals surface area contributed by atoms with Gasteiger partial charge in [-0.15, -0.1) is 0 Å². The first-order valence-electron chi connectivity index (χ1n) is 9.94. The second-order valence-electron chi connectivity index (χ2n) is 7.09. The Kier molecular flexibility index (Phi) is 14.0. The summed E-state index contributed by atoms with van der Waals surface area (Å²) in [6.45, 7) is 3.32. The minimum Gasteiger partial charge on any atom is -0.480 e. The number of aliphatic hydroxyl groups is 1. The zero-order valence-electron chi connectivity index (χ0n) is 17.5. The lowest BCUT2D eigenvalue weighted by Crippen LogP contribution is -2.59. The van der Waals surface area contributed by atoms with E-state index in [-0.39, 0.29) is 11.7 Å². The summed E-state index contributed by atoms with van der Waals surface area (Å²) in [5.41, 5.74) is 11.3. The van der Waals surface area contributed by atoms with Gasteiger partial charge >= 0.3 is 5.97 Å². The van der Waals surface area contributed by atoms with E-state index in [0.717, 1.165) is 6.42 Å². The van der Waals surface area contributed by atoms with E-state index in [0.29, 0.717) is 25.8 Å². The molecule has 0 radical (unpaired) electrons. The molecule has 0 aromatic rings. The summed E-state index contributed by atoms with van der Waals surface area (Å²) in [5.74, 6) is -3.80. The molecular formula is C18H35N5O6S. The number of aliphatic hydroxyl groups excluding tert-OH is 1. The van der Waals surface area contributed by atoms with Gasteiger partial charge in [0.25, 0.3) is 0 Å². The smallest absolute Gasteiger partial charge is 0.327 e. The van der Waals surface area contributed by atoms with Crippen molar-refractivity contribution in [2.45, 2.75) is 63.7 Å². The fourth-order valence-corrected chi connectivity index (χ4v) is 2.76. The summed E-state index contributed by atoms with van der Waals surface area (Å²) in [4.78, 5) is 48.3. The van der Waals surface area contributed by atoms with Gasteiger partial charge in [-0.05, 0) is 25.3 Å². The molecule has 0 aliphatic heterocycles. The average molecular weight is 450 g/mol. The molecule has 0 bridgehead atoms. The molecule has 5 unspecified atom stereocenters. The third-order valence-electron chi connectivity index (χ3n) is 4.71. The number of hydrogen-bond acceptors (Lipinski definition) is 8. The highest BCUT2D eigenvalue weighted by Crippen LogP contribution is 2.10. The molecule has 174 valence electrons. The topological polar surface area (TPSA) is 197 Å². The number of nitrogens with two attached hydrogens (primary N) is 2. The molecule has 0 aromatic carbocycles. The maximum absolute atomic E-state index is 12.7. The molecular weight excluding hydrogens is 414 g/mol. The molecule has 9 N–H and O–H groups in total. The molecule has 30 heavy (non-hydrogen) atoms. The maximum Gasteiger partial charge on any atom is 0.327 e. The van der Waals surface area contributed by atoms with Gasteiger partial charge in [0.2, 0.25) is 17.7 Å². The Balaban J connectivity index is 5.13. The molecule has 0 saturated heterocycles. The van der Waals surface area contributed by atoms with Crippen LogP contribution in [0.5, 0.6) is 0 Å². The molecule has 12 heteroatoms. The van der Waals surface area contributed by atoms with Crippen molar-refractivity contribution < 1.29 is 29.4 Å². The molecule has 11 nitrogen and oxygen atoms in total. The number of nitrogens with one attached hydrogen (secondary N) is 3. The number of amides is 3. The second-order valence-corrected chi connectivity index (χ2v) is 7.45. The van der Waals surface area contributed by atoms with Gasteiger partial charge in [-0.3, -0.25) is 14.4 Å². The molecule has 0 spiro atoms. The molecule has 0 saturated carbocycles. The number of carbonyl (C=O) groups is 4. The van der Waals surface area contributed by atoms with E-state index in [1.807, 2.05) is 6.92 Å². The highest BCUT2D eigenvalue weighted by molar-refractivity contribution is 7.80. The first-order chi connectivity index (χ1) is 14.1. The molecule has 5 atom stereocenters. The van der Waals surface area contributed by atoms with Crippen LogP contribution in [0.25, 0.3) is 0 Å². The summed E-state index contributed by atoms with van der Waals surface area (Å²) < 4.78 is 0. The lowest BCUT2D eigenvalue weighted by atomic mass is 9.97. The van der Waals surface area contributed by atoms with E-state index < -0.39 is 54.5 Å². The molecule has 0 aliphatic rings. The highest BCUT2D eigenvalue weighted by atomic mass is 32.1. The highest BCUT2D eigenvalue weighted by Gasteiger charge is 2.31. The van der Waals surface area contributed by atoms with E-state index in [4.69, 9.17) is 16.6 Å². The lowest BCUT2D eigenvalue weighted by molar-refractivity contribution is -0.142. The number of carboxylic acid groups (broad SMARTS) is 1. The maximum atomic E-state index is 12.7. The minimum atomic E-state index is -1.39. The zero-order valence-corrected chi connectivity index (χ0v) is 18.4. The van der Waals surface area contributed by atoms with E-state index in [2.05, 4.69) is 28.6 Å². The van der Waals surface area contributed by atoms with Crippen LogP contribution in [-0.4, -0.2) is 77.0 Å². The van der Waals surface area contributed by atoms with Crippen molar-refractivity contribution in [3.8, 4) is 0 Å². The Morgan fingerprint density at radius 2 is 1.60 bits per heavy atom. The normalized spacial score (nSPS) is 15.9. The van der Waals surface area contributed by atoms with Gasteiger partial charge < -0.3 is 37.6 Å². The SMILES string of the molecule is CCC(C)C(NC(=O)C(N)CCCCN)C(=O)NC(CO)C(=O)NC(CS)C(=O)O. The lowest BCUT2D eigenvalue weighted by Gasteiger charge is -2.27. The number of unbranched alkanes of at least 4 members (excludes halogenated alkanes) is 1. The summed E-state index contributed by atoms with van der Waals surface area (Å²) in [6.07, 6.45) is 2.37. The molecule has 3 amide bonds. The van der Waals surface area contributed by atoms with E-state index in [1.54, 1.807) is 6.92 Å². The fourth-order valence-electron chi connectivity index (χ4n) is 2.52. The van der Waals surface area contributed by atoms with Gasteiger partial charge in [-0.2, -0.15) is 12.6 Å². The van der Waals surface area contributed by atoms with Crippen LogP contribution in [0.3, 0.4) is 0 Å². The number of rotatable bonds is 15. The van der Waals surface area contributed by atoms with Crippen molar-refractivity contribution in [2.75, 3.05) is 18.9 Å². The predicted octanol–water partition coefficient (Wildman–Crippen LogP) is -2.05. The molecule has 0 aliphatic carbocycles. The van der Waals surface area contributed by atoms with Crippen LogP contribution < -0.4 is 27.4 Å². The van der Waals surface area contributed by atoms with Crippen molar-refractivity contribution in [3.63, 3.8) is 0 Å². The summed E-state index contributed by atoms with van der Waals surface area (Å²) in [6, 6.07) is -4.45. The number of carbonyl (C=O) groups excluding carboxylic acids is 3. The van der Waals surface area contributed by atoms with Crippen molar-refractivity contribution >= 4 is 36.3 Å². The zero-order chi connectivity index (χ0) is 23.3. The van der Waals surface area contributed by atoms with Gasteiger partial charge in [0.05, 0.1) is 12.6 Å². The van der Waals surface area contributed by atoms with E-state index >= 15 is 0 Å². The van der Waals surface area contributed by atoms with Crippen molar-refractivity contribution in [3.05, 3.63) is 0 Å². The summed E-state index contributed by atoms with van der Waals surface area (Å²) in [7, 11) is 0. The second kappa shape index (κ2) is 15.0. The average Bonchev–Trinajstić information content (AvgIpc) is 2.72. The van der Waals surface area contributed by atoms with Crippen LogP contribution in [0.4, 0.5) is 0 Å². The van der Waals surface area contributed by atoms with Gasteiger partial charge in [-0.1, -0.05) is 26.7 Å². The standard InChI is InChI=1S/C18H35N5O6S/c1-3-10(2)14(23-15(25)11(20)6-4-5-7-19)17(27)21-12(8-24)16(26)22-13(9-30)18(28)29/h10-14,24,30H,3-9,19-20H2,1-2H3,(H,21,27)(H,22,26)(H,23,25)(H,28,29). The first-order valence-corrected chi connectivity index (χ1v) is 10.6. The predicted molar refractivity (Wildman–Crippen MR) is 115 cm³/mol. The van der Waals surface area contributed by atoms with Crippen LogP contribution in [0, 0.1) is 5.92 Å².